The smallest absolute Gasteiger partial charge is 0.416 e. The van der Waals surface area contributed by atoms with Gasteiger partial charge in [-0.05, 0) is 31.0 Å². The molecule has 0 aromatic heterocycles. The van der Waals surface area contributed by atoms with Gasteiger partial charge in [0, 0.05) is 12.8 Å². The van der Waals surface area contributed by atoms with E-state index in [1.807, 2.05) is 0 Å². The minimum absolute atomic E-state index is 0.0334. The monoisotopic (exact) mass is 323 g/mol. The highest BCUT2D eigenvalue weighted by Crippen LogP contribution is 2.33. The van der Waals surface area contributed by atoms with Crippen molar-refractivity contribution < 1.29 is 27.9 Å². The first-order valence-corrected chi connectivity index (χ1v) is 6.46. The summed E-state index contributed by atoms with van der Waals surface area (Å²) in [5, 5.41) is 10.6. The number of halogens is 4. The van der Waals surface area contributed by atoms with E-state index in [0.717, 1.165) is 18.2 Å². The molecule has 0 bridgehead atoms. The van der Waals surface area contributed by atoms with Crippen molar-refractivity contribution in [3.05, 3.63) is 28.8 Å². The summed E-state index contributed by atoms with van der Waals surface area (Å²) in [6.45, 7) is 0. The molecule has 1 amide bonds. The average molecular weight is 324 g/mol. The van der Waals surface area contributed by atoms with E-state index in [1.165, 1.54) is 0 Å². The van der Waals surface area contributed by atoms with Crippen LogP contribution in [0.5, 0.6) is 0 Å². The van der Waals surface area contributed by atoms with Crippen molar-refractivity contribution in [2.24, 2.45) is 0 Å². The summed E-state index contributed by atoms with van der Waals surface area (Å²) in [5.41, 5.74) is -0.806. The van der Waals surface area contributed by atoms with Crippen LogP contribution in [-0.4, -0.2) is 17.0 Å². The zero-order chi connectivity index (χ0) is 16.0. The highest BCUT2D eigenvalue weighted by molar-refractivity contribution is 6.33. The van der Waals surface area contributed by atoms with Gasteiger partial charge in [0.05, 0.1) is 16.3 Å². The molecule has 1 aromatic carbocycles. The number of alkyl halides is 3. The number of carbonyl (C=O) groups excluding carboxylic acids is 1. The Balaban J connectivity index is 2.55. The fourth-order valence-electron chi connectivity index (χ4n) is 1.57. The van der Waals surface area contributed by atoms with Gasteiger partial charge in [-0.15, -0.1) is 0 Å². The number of anilines is 1. The fraction of sp³-hybridized carbons (Fsp3) is 0.385. The Kier molecular flexibility index (Phi) is 6.02. The predicted molar refractivity (Wildman–Crippen MR) is 71.2 cm³/mol. The van der Waals surface area contributed by atoms with E-state index in [4.69, 9.17) is 16.7 Å². The molecule has 0 saturated carbocycles. The number of nitrogens with one attached hydrogen (secondary N) is 1. The van der Waals surface area contributed by atoms with Crippen LogP contribution >= 0.6 is 11.6 Å². The Labute approximate surface area is 123 Å². The molecule has 0 aliphatic rings. The van der Waals surface area contributed by atoms with Crippen LogP contribution in [0.15, 0.2) is 18.2 Å². The van der Waals surface area contributed by atoms with Gasteiger partial charge < -0.3 is 10.4 Å². The fourth-order valence-corrected chi connectivity index (χ4v) is 1.80. The van der Waals surface area contributed by atoms with Gasteiger partial charge in [0.2, 0.25) is 5.91 Å². The molecular formula is C13H13ClF3NO3. The van der Waals surface area contributed by atoms with Crippen LogP contribution < -0.4 is 5.32 Å². The lowest BCUT2D eigenvalue weighted by Crippen LogP contribution is -2.12. The van der Waals surface area contributed by atoms with E-state index in [2.05, 4.69) is 5.32 Å². The number of benzene rings is 1. The quantitative estimate of drug-likeness (QED) is 0.779. The van der Waals surface area contributed by atoms with Gasteiger partial charge in [0.1, 0.15) is 0 Å². The second-order valence-electron chi connectivity index (χ2n) is 4.34. The highest BCUT2D eigenvalue weighted by atomic mass is 35.5. The first kappa shape index (κ1) is 17.3. The van der Waals surface area contributed by atoms with Crippen molar-refractivity contribution in [1.82, 2.24) is 0 Å². The first-order valence-electron chi connectivity index (χ1n) is 6.08. The van der Waals surface area contributed by atoms with Crippen LogP contribution in [0.3, 0.4) is 0 Å². The van der Waals surface area contributed by atoms with Gasteiger partial charge in [-0.25, -0.2) is 0 Å². The average Bonchev–Trinajstić information content (AvgIpc) is 2.35. The Hall–Kier alpha value is -1.76. The molecular weight excluding hydrogens is 311 g/mol. The topological polar surface area (TPSA) is 66.4 Å². The summed E-state index contributed by atoms with van der Waals surface area (Å²) in [5.74, 6) is -1.37. The number of amides is 1. The van der Waals surface area contributed by atoms with Crippen molar-refractivity contribution in [1.29, 1.82) is 0 Å². The zero-order valence-corrected chi connectivity index (χ0v) is 11.6. The number of unbranched alkanes of at least 4 members (excludes halogenated alkanes) is 1. The summed E-state index contributed by atoms with van der Waals surface area (Å²) >= 11 is 5.69. The van der Waals surface area contributed by atoms with Gasteiger partial charge in [0.15, 0.2) is 0 Å². The molecule has 0 radical (unpaired) electrons. The van der Waals surface area contributed by atoms with Crippen molar-refractivity contribution in [2.75, 3.05) is 5.32 Å². The van der Waals surface area contributed by atoms with Crippen LogP contribution in [0.1, 0.15) is 31.2 Å². The Bertz CT molecular complexity index is 532. The van der Waals surface area contributed by atoms with Crippen molar-refractivity contribution in [2.45, 2.75) is 31.9 Å². The molecule has 1 aromatic rings. The number of rotatable bonds is 6. The third kappa shape index (κ3) is 6.03. The summed E-state index contributed by atoms with van der Waals surface area (Å²) < 4.78 is 37.3. The Morgan fingerprint density at radius 3 is 2.33 bits per heavy atom. The maximum atomic E-state index is 12.4. The lowest BCUT2D eigenvalue weighted by molar-refractivity contribution is -0.138. The molecule has 0 fully saturated rings. The maximum absolute atomic E-state index is 12.4. The molecule has 0 aliphatic heterocycles. The number of carboxylic acid groups (broad SMARTS) is 1. The van der Waals surface area contributed by atoms with Crippen molar-refractivity contribution >= 4 is 29.2 Å². The number of carbonyl (C=O) groups is 2. The summed E-state index contributed by atoms with van der Waals surface area (Å²) in [6.07, 6.45) is -3.73. The number of aliphatic carboxylic acids is 1. The lowest BCUT2D eigenvalue weighted by Gasteiger charge is -2.11. The summed E-state index contributed by atoms with van der Waals surface area (Å²) in [7, 11) is 0. The minimum Gasteiger partial charge on any atom is -0.481 e. The van der Waals surface area contributed by atoms with E-state index >= 15 is 0 Å². The van der Waals surface area contributed by atoms with Crippen LogP contribution in [0.2, 0.25) is 5.02 Å². The number of hydrogen-bond acceptors (Lipinski definition) is 2. The van der Waals surface area contributed by atoms with Gasteiger partial charge in [-0.2, -0.15) is 13.2 Å². The second-order valence-corrected chi connectivity index (χ2v) is 4.75. The lowest BCUT2D eigenvalue weighted by atomic mass is 10.1. The number of carboxylic acids is 1. The van der Waals surface area contributed by atoms with Crippen molar-refractivity contribution in [3.8, 4) is 0 Å². The second kappa shape index (κ2) is 7.31. The highest BCUT2D eigenvalue weighted by Gasteiger charge is 2.30. The molecule has 0 atom stereocenters. The van der Waals surface area contributed by atoms with Gasteiger partial charge >= 0.3 is 12.1 Å². The molecule has 0 saturated heterocycles. The standard InChI is InChI=1S/C13H13ClF3NO3/c14-9-7-8(13(15,16)17)5-6-10(9)18-11(19)3-1-2-4-12(20)21/h5-7H,1-4H2,(H,18,19)(H,20,21). The molecule has 0 spiro atoms. The van der Waals surface area contributed by atoms with Crippen LogP contribution in [0.4, 0.5) is 18.9 Å². The van der Waals surface area contributed by atoms with Crippen LogP contribution in [-0.2, 0) is 15.8 Å². The molecule has 0 heterocycles. The molecule has 4 nitrogen and oxygen atoms in total. The molecule has 1 rings (SSSR count). The molecule has 2 N–H and O–H groups in total. The molecule has 0 aliphatic carbocycles. The summed E-state index contributed by atoms with van der Waals surface area (Å²) in [6, 6.07) is 2.65. The van der Waals surface area contributed by atoms with Gasteiger partial charge in [-0.3, -0.25) is 9.59 Å². The largest absolute Gasteiger partial charge is 0.481 e. The third-order valence-corrected chi connectivity index (χ3v) is 2.93. The van der Waals surface area contributed by atoms with E-state index in [0.29, 0.717) is 12.8 Å². The third-order valence-electron chi connectivity index (χ3n) is 2.61. The molecule has 0 unspecified atom stereocenters. The Morgan fingerprint density at radius 1 is 1.19 bits per heavy atom. The van der Waals surface area contributed by atoms with E-state index in [9.17, 15) is 22.8 Å². The molecule has 8 heteroatoms. The summed E-state index contributed by atoms with van der Waals surface area (Å²) in [4.78, 5) is 21.8. The predicted octanol–water partition coefficient (Wildman–Crippen LogP) is 3.94. The normalized spacial score (nSPS) is 11.2. The van der Waals surface area contributed by atoms with E-state index < -0.39 is 23.6 Å². The molecule has 116 valence electrons. The first-order chi connectivity index (χ1) is 9.70. The van der Waals surface area contributed by atoms with Gasteiger partial charge in [0.25, 0.3) is 0 Å². The SMILES string of the molecule is O=C(O)CCCCC(=O)Nc1ccc(C(F)(F)F)cc1Cl. The van der Waals surface area contributed by atoms with Gasteiger partial charge in [-0.1, -0.05) is 11.6 Å². The Morgan fingerprint density at radius 2 is 1.81 bits per heavy atom. The maximum Gasteiger partial charge on any atom is 0.416 e. The van der Waals surface area contributed by atoms with E-state index in [-0.39, 0.29) is 23.6 Å². The van der Waals surface area contributed by atoms with Crippen LogP contribution in [0.25, 0.3) is 0 Å². The van der Waals surface area contributed by atoms with E-state index in [1.54, 1.807) is 0 Å². The minimum atomic E-state index is -4.50. The number of hydrogen-bond donors (Lipinski definition) is 2. The molecule has 21 heavy (non-hydrogen) atoms. The zero-order valence-electron chi connectivity index (χ0n) is 10.8. The van der Waals surface area contributed by atoms with Crippen molar-refractivity contribution in [3.63, 3.8) is 0 Å². The van der Waals surface area contributed by atoms with Crippen LogP contribution in [0, 0.1) is 0 Å².